The summed E-state index contributed by atoms with van der Waals surface area (Å²) < 4.78 is 16.1. The van der Waals surface area contributed by atoms with Gasteiger partial charge in [-0.1, -0.05) is 24.3 Å². The lowest BCUT2D eigenvalue weighted by atomic mass is 10.2. The molecule has 3 rings (SSSR count). The summed E-state index contributed by atoms with van der Waals surface area (Å²) in [6.07, 6.45) is 5.62. The largest absolute Gasteiger partial charge is 0.494 e. The number of carbonyl (C=O) groups is 1. The van der Waals surface area contributed by atoms with E-state index in [9.17, 15) is 4.79 Å². The molecular weight excluding hydrogens is 354 g/mol. The molecule has 0 unspecified atom stereocenters. The number of hydrogen-bond acceptors (Lipinski definition) is 5. The Bertz CT molecular complexity index is 904. The Morgan fingerprint density at radius 1 is 0.857 bits per heavy atom. The van der Waals surface area contributed by atoms with Crippen LogP contribution >= 0.6 is 0 Å². The molecule has 0 aliphatic carbocycles. The third-order valence-electron chi connectivity index (χ3n) is 3.74. The van der Waals surface area contributed by atoms with Crippen LogP contribution < -0.4 is 14.2 Å². The van der Waals surface area contributed by atoms with Crippen molar-refractivity contribution in [1.82, 2.24) is 4.98 Å². The predicted molar refractivity (Wildman–Crippen MR) is 108 cm³/mol. The summed E-state index contributed by atoms with van der Waals surface area (Å²) in [5, 5.41) is 0. The van der Waals surface area contributed by atoms with Crippen LogP contribution in [-0.2, 0) is 4.79 Å². The van der Waals surface area contributed by atoms with Crippen molar-refractivity contribution in [2.75, 3.05) is 13.2 Å². The van der Waals surface area contributed by atoms with Gasteiger partial charge in [0, 0.05) is 6.20 Å². The fourth-order valence-corrected chi connectivity index (χ4v) is 2.41. The van der Waals surface area contributed by atoms with E-state index in [0.717, 1.165) is 17.0 Å². The molecule has 3 aromatic rings. The zero-order valence-corrected chi connectivity index (χ0v) is 15.6. The summed E-state index contributed by atoms with van der Waals surface area (Å²) in [5.41, 5.74) is 1.86. The van der Waals surface area contributed by atoms with Crippen molar-refractivity contribution in [3.05, 3.63) is 84.2 Å². The van der Waals surface area contributed by atoms with Gasteiger partial charge in [0.25, 0.3) is 0 Å². The molecule has 2 aromatic carbocycles. The van der Waals surface area contributed by atoms with Crippen LogP contribution in [0, 0.1) is 0 Å². The monoisotopic (exact) mass is 375 g/mol. The molecule has 0 radical (unpaired) electrons. The summed E-state index contributed by atoms with van der Waals surface area (Å²) in [5.74, 6) is 1.34. The number of carbonyl (C=O) groups excluding carboxylic acids is 1. The first-order chi connectivity index (χ1) is 13.7. The minimum absolute atomic E-state index is 0.171. The Balaban J connectivity index is 1.48. The van der Waals surface area contributed by atoms with Gasteiger partial charge in [0.15, 0.2) is 6.61 Å². The number of ether oxygens (including phenoxy) is 3. The molecule has 0 bridgehead atoms. The molecule has 0 N–H and O–H groups in total. The van der Waals surface area contributed by atoms with Crippen molar-refractivity contribution in [3.63, 3.8) is 0 Å². The molecule has 142 valence electrons. The van der Waals surface area contributed by atoms with Gasteiger partial charge >= 0.3 is 5.97 Å². The van der Waals surface area contributed by atoms with Crippen molar-refractivity contribution in [2.24, 2.45) is 0 Å². The van der Waals surface area contributed by atoms with Gasteiger partial charge in [-0.25, -0.2) is 4.79 Å². The summed E-state index contributed by atoms with van der Waals surface area (Å²) in [6, 6.07) is 20.1. The zero-order chi connectivity index (χ0) is 19.6. The van der Waals surface area contributed by atoms with Crippen LogP contribution in [-0.4, -0.2) is 24.2 Å². The molecular formula is C23H21NO4. The number of aromatic nitrogens is 1. The lowest BCUT2D eigenvalue weighted by molar-refractivity contribution is -0.136. The van der Waals surface area contributed by atoms with E-state index in [1.165, 1.54) is 0 Å². The van der Waals surface area contributed by atoms with Crippen LogP contribution in [0.5, 0.6) is 17.2 Å². The number of benzene rings is 2. The quantitative estimate of drug-likeness (QED) is 0.424. The van der Waals surface area contributed by atoms with Gasteiger partial charge in [-0.05, 0) is 67.1 Å². The third-order valence-corrected chi connectivity index (χ3v) is 3.74. The van der Waals surface area contributed by atoms with Crippen molar-refractivity contribution in [3.8, 4) is 17.2 Å². The molecule has 28 heavy (non-hydrogen) atoms. The minimum atomic E-state index is -0.467. The van der Waals surface area contributed by atoms with Gasteiger partial charge in [0.05, 0.1) is 12.3 Å². The maximum absolute atomic E-state index is 12.0. The molecule has 1 heterocycles. The fraction of sp³-hybridized carbons (Fsp3) is 0.130. The van der Waals surface area contributed by atoms with Gasteiger partial charge in [0.2, 0.25) is 0 Å². The summed E-state index contributed by atoms with van der Waals surface area (Å²) >= 11 is 0. The Kier molecular flexibility index (Phi) is 6.79. The van der Waals surface area contributed by atoms with Gasteiger partial charge < -0.3 is 14.2 Å². The lowest BCUT2D eigenvalue weighted by Crippen LogP contribution is -2.17. The Labute approximate surface area is 164 Å². The topological polar surface area (TPSA) is 57.7 Å². The SMILES string of the molecule is CCOc1ccc(OCC(=O)Oc2ccc(/C=C/c3ccccn3)cc2)cc1. The van der Waals surface area contributed by atoms with Crippen LogP contribution in [0.4, 0.5) is 0 Å². The summed E-state index contributed by atoms with van der Waals surface area (Å²) in [6.45, 7) is 2.35. The van der Waals surface area contributed by atoms with Crippen molar-refractivity contribution >= 4 is 18.1 Å². The number of nitrogens with zero attached hydrogens (tertiary/aromatic N) is 1. The molecule has 0 aliphatic rings. The number of hydrogen-bond donors (Lipinski definition) is 0. The molecule has 1 aromatic heterocycles. The number of rotatable bonds is 8. The highest BCUT2D eigenvalue weighted by molar-refractivity contribution is 5.74. The van der Waals surface area contributed by atoms with Gasteiger partial charge in [-0.2, -0.15) is 0 Å². The Morgan fingerprint density at radius 2 is 1.54 bits per heavy atom. The fourth-order valence-electron chi connectivity index (χ4n) is 2.41. The van der Waals surface area contributed by atoms with E-state index in [1.54, 1.807) is 42.6 Å². The molecule has 5 nitrogen and oxygen atoms in total. The van der Waals surface area contributed by atoms with Crippen molar-refractivity contribution < 1.29 is 19.0 Å². The second-order valence-corrected chi connectivity index (χ2v) is 5.82. The number of pyridine rings is 1. The van der Waals surface area contributed by atoms with E-state index in [4.69, 9.17) is 14.2 Å². The molecule has 0 aliphatic heterocycles. The van der Waals surface area contributed by atoms with E-state index in [-0.39, 0.29) is 6.61 Å². The predicted octanol–water partition coefficient (Wildman–Crippen LogP) is 4.64. The minimum Gasteiger partial charge on any atom is -0.494 e. The average molecular weight is 375 g/mol. The van der Waals surface area contributed by atoms with Crippen LogP contribution in [0.1, 0.15) is 18.2 Å². The summed E-state index contributed by atoms with van der Waals surface area (Å²) in [4.78, 5) is 16.2. The van der Waals surface area contributed by atoms with E-state index in [0.29, 0.717) is 18.1 Å². The van der Waals surface area contributed by atoms with Gasteiger partial charge in [-0.3, -0.25) is 4.98 Å². The van der Waals surface area contributed by atoms with E-state index < -0.39 is 5.97 Å². The van der Waals surface area contributed by atoms with E-state index in [2.05, 4.69) is 4.98 Å². The van der Waals surface area contributed by atoms with Crippen LogP contribution in [0.15, 0.2) is 72.9 Å². The van der Waals surface area contributed by atoms with Crippen LogP contribution in [0.2, 0.25) is 0 Å². The third kappa shape index (κ3) is 5.99. The molecule has 0 amide bonds. The summed E-state index contributed by atoms with van der Waals surface area (Å²) in [7, 11) is 0. The first-order valence-electron chi connectivity index (χ1n) is 8.98. The first kappa shape index (κ1) is 19.2. The number of esters is 1. The van der Waals surface area contributed by atoms with Crippen molar-refractivity contribution in [2.45, 2.75) is 6.92 Å². The maximum atomic E-state index is 12.0. The highest BCUT2D eigenvalue weighted by Gasteiger charge is 2.06. The Hall–Kier alpha value is -3.60. The maximum Gasteiger partial charge on any atom is 0.349 e. The standard InChI is InChI=1S/C23H21NO4/c1-2-26-20-12-14-21(15-13-20)27-17-23(25)28-22-10-7-18(8-11-22)6-9-19-5-3-4-16-24-19/h3-16H,2,17H2,1H3/b9-6+. The van der Waals surface area contributed by atoms with Gasteiger partial charge in [-0.15, -0.1) is 0 Å². The highest BCUT2D eigenvalue weighted by atomic mass is 16.6. The highest BCUT2D eigenvalue weighted by Crippen LogP contribution is 2.18. The molecule has 0 saturated heterocycles. The molecule has 0 atom stereocenters. The smallest absolute Gasteiger partial charge is 0.349 e. The second-order valence-electron chi connectivity index (χ2n) is 5.82. The van der Waals surface area contributed by atoms with Crippen molar-refractivity contribution in [1.29, 1.82) is 0 Å². The van der Waals surface area contributed by atoms with Crippen LogP contribution in [0.3, 0.4) is 0 Å². The zero-order valence-electron chi connectivity index (χ0n) is 15.6. The lowest BCUT2D eigenvalue weighted by Gasteiger charge is -2.08. The molecule has 0 spiro atoms. The first-order valence-corrected chi connectivity index (χ1v) is 8.98. The van der Waals surface area contributed by atoms with E-state index in [1.807, 2.05) is 49.4 Å². The molecule has 0 fully saturated rings. The Morgan fingerprint density at radius 3 is 2.18 bits per heavy atom. The van der Waals surface area contributed by atoms with Gasteiger partial charge in [0.1, 0.15) is 17.2 Å². The van der Waals surface area contributed by atoms with Crippen LogP contribution in [0.25, 0.3) is 12.2 Å². The second kappa shape index (κ2) is 9.92. The normalized spacial score (nSPS) is 10.6. The molecule has 0 saturated carbocycles. The average Bonchev–Trinajstić information content (AvgIpc) is 2.74. The van der Waals surface area contributed by atoms with E-state index >= 15 is 0 Å². The molecule has 5 heteroatoms.